The molecule has 5 aromatic rings. The van der Waals surface area contributed by atoms with Crippen LogP contribution in [0.5, 0.6) is 23.0 Å². The van der Waals surface area contributed by atoms with Gasteiger partial charge in [0.2, 0.25) is 11.4 Å². The second kappa shape index (κ2) is 13.8. The Morgan fingerprint density at radius 1 is 0.672 bits per heavy atom. The molecule has 10 heteroatoms. The first-order chi connectivity index (χ1) is 28.1. The third-order valence-corrected chi connectivity index (χ3v) is 13.4. The summed E-state index contributed by atoms with van der Waals surface area (Å²) in [6, 6.07) is 33.1. The van der Waals surface area contributed by atoms with Gasteiger partial charge < -0.3 is 28.7 Å². The van der Waals surface area contributed by atoms with Crippen LogP contribution in [0.25, 0.3) is 12.2 Å². The van der Waals surface area contributed by atoms with Crippen LogP contribution in [0.15, 0.2) is 114 Å². The van der Waals surface area contributed by atoms with Crippen molar-refractivity contribution in [3.8, 4) is 23.0 Å². The highest BCUT2D eigenvalue weighted by molar-refractivity contribution is 5.77. The molecule has 2 spiro atoms. The largest absolute Gasteiger partial charge is 0.493 e. The van der Waals surface area contributed by atoms with Crippen LogP contribution in [0.2, 0.25) is 0 Å². The number of nitrogens with zero attached hydrogens (tertiary/aromatic N) is 3. The van der Waals surface area contributed by atoms with E-state index in [1.165, 1.54) is 11.1 Å². The lowest BCUT2D eigenvalue weighted by Gasteiger charge is -2.48. The number of nitrogens with two attached hydrogens (primary N) is 1. The van der Waals surface area contributed by atoms with E-state index in [9.17, 15) is 10.1 Å². The maximum Gasteiger partial charge on any atom is 0.212 e. The summed E-state index contributed by atoms with van der Waals surface area (Å²) in [4.78, 5) is 16.3. The van der Waals surface area contributed by atoms with Gasteiger partial charge >= 0.3 is 0 Å². The van der Waals surface area contributed by atoms with E-state index in [-0.39, 0.29) is 0 Å². The van der Waals surface area contributed by atoms with Crippen molar-refractivity contribution in [2.75, 3.05) is 24.0 Å². The van der Waals surface area contributed by atoms with Crippen molar-refractivity contribution in [2.24, 2.45) is 5.18 Å². The lowest BCUT2D eigenvalue weighted by atomic mass is 9.72. The summed E-state index contributed by atoms with van der Waals surface area (Å²) in [5.41, 5.74) is 8.05. The first-order valence-corrected chi connectivity index (χ1v) is 20.0. The highest BCUT2D eigenvalue weighted by atomic mass is 16.6. The van der Waals surface area contributed by atoms with Crippen molar-refractivity contribution in [3.05, 3.63) is 148 Å². The summed E-state index contributed by atoms with van der Waals surface area (Å²) in [7, 11) is 3.22. The van der Waals surface area contributed by atoms with E-state index in [2.05, 4.69) is 134 Å². The standard InChI is InChI=1S/C48H48N4O6/c1-7-45(3)37-13-9-11-15-39(37)51(47(45)23-21-33-25-35(49-53)27-41(55-5)43(33)57-47)29-31-17-19-32(20-18-31)30-52-40-16-12-10-14-38(40)46(4,8-2)48(52)24-22-34-26-36(50-54)28-42(56-6)44(34)58-48/h9-28,49,53H,7-8,29-30H2,1-6H3/p+1. The smallest absolute Gasteiger partial charge is 0.212 e. The number of fused-ring (bicyclic) bond motifs is 4. The van der Waals surface area contributed by atoms with Gasteiger partial charge in [0.05, 0.1) is 25.0 Å². The molecule has 10 nitrogen and oxygen atoms in total. The van der Waals surface area contributed by atoms with Gasteiger partial charge in [-0.15, -0.1) is 4.91 Å². The molecule has 58 heavy (non-hydrogen) atoms. The van der Waals surface area contributed by atoms with Crippen molar-refractivity contribution < 1.29 is 29.6 Å². The van der Waals surface area contributed by atoms with Gasteiger partial charge in [0.1, 0.15) is 5.69 Å². The predicted octanol–water partition coefficient (Wildman–Crippen LogP) is 9.67. The first kappa shape index (κ1) is 37.5. The highest BCUT2D eigenvalue weighted by Gasteiger charge is 2.62. The molecule has 0 aromatic heterocycles. The number of para-hydroxylation sites is 2. The number of methoxy groups -OCH3 is 2. The first-order valence-electron chi connectivity index (χ1n) is 20.0. The molecular weight excluding hydrogens is 729 g/mol. The van der Waals surface area contributed by atoms with E-state index in [1.807, 2.05) is 12.1 Å². The number of rotatable bonds is 10. The number of quaternary nitrogens is 1. The summed E-state index contributed by atoms with van der Waals surface area (Å²) in [5, 5.41) is 13.0. The molecule has 5 aromatic carbocycles. The fraction of sp³-hybridized carbons (Fsp3) is 0.292. The monoisotopic (exact) mass is 777 g/mol. The van der Waals surface area contributed by atoms with E-state index in [1.54, 1.807) is 32.4 Å². The summed E-state index contributed by atoms with van der Waals surface area (Å²) >= 11 is 0. The molecule has 0 saturated carbocycles. The van der Waals surface area contributed by atoms with Crippen molar-refractivity contribution >= 4 is 34.9 Å². The van der Waals surface area contributed by atoms with Crippen LogP contribution in [-0.4, -0.2) is 30.9 Å². The fourth-order valence-electron chi connectivity index (χ4n) is 9.92. The molecule has 0 aliphatic carbocycles. The average Bonchev–Trinajstić information content (AvgIpc) is 3.59. The van der Waals surface area contributed by atoms with Gasteiger partial charge in [-0.05, 0) is 96.6 Å². The Labute approximate surface area is 339 Å². The zero-order valence-corrected chi connectivity index (χ0v) is 33.8. The Bertz CT molecular complexity index is 2500. The lowest BCUT2D eigenvalue weighted by Crippen LogP contribution is -2.73. The molecule has 4 aliphatic heterocycles. The zero-order chi connectivity index (χ0) is 40.5. The van der Waals surface area contributed by atoms with E-state index >= 15 is 0 Å². The molecule has 296 valence electrons. The Kier molecular flexibility index (Phi) is 8.90. The van der Waals surface area contributed by atoms with Gasteiger partial charge in [-0.25, -0.2) is 5.21 Å². The van der Waals surface area contributed by atoms with Crippen LogP contribution < -0.4 is 34.2 Å². The number of hydrogen-bond donors (Lipinski definition) is 2. The quantitative estimate of drug-likeness (QED) is 0.0820. The summed E-state index contributed by atoms with van der Waals surface area (Å²) in [6.07, 6.45) is 10.1. The molecule has 0 fully saturated rings. The number of ether oxygens (including phenoxy) is 4. The Morgan fingerprint density at radius 2 is 1.14 bits per heavy atom. The minimum absolute atomic E-state index is 0.290. The maximum atomic E-state index is 11.5. The van der Waals surface area contributed by atoms with Gasteiger partial charge in [-0.3, -0.25) is 0 Å². The van der Waals surface area contributed by atoms with Gasteiger partial charge in [0, 0.05) is 53.8 Å². The van der Waals surface area contributed by atoms with E-state index in [4.69, 9.17) is 18.9 Å². The number of hydrogen-bond acceptors (Lipinski definition) is 9. The molecule has 4 heterocycles. The van der Waals surface area contributed by atoms with E-state index in [0.717, 1.165) is 52.0 Å². The third kappa shape index (κ3) is 5.17. The number of nitroso groups, excluding NO2 is 1. The SMILES string of the molecule is CCC1(C)c2ccccc2N(Cc2ccc(CN3c4ccccc4C(C)(CC)C34C=Cc3cc([NH2+]O)cc(OC)c3O4)cc2)C12C=Cc1cc(N=O)cc(OC)c1O2. The topological polar surface area (TPSA) is 110 Å². The van der Waals surface area contributed by atoms with Crippen molar-refractivity contribution in [1.29, 1.82) is 0 Å². The minimum Gasteiger partial charge on any atom is -0.493 e. The molecule has 0 radical (unpaired) electrons. The van der Waals surface area contributed by atoms with Crippen molar-refractivity contribution in [2.45, 2.75) is 75.9 Å². The average molecular weight is 778 g/mol. The molecule has 4 aliphatic rings. The van der Waals surface area contributed by atoms with Gasteiger partial charge in [-0.2, -0.15) is 5.48 Å². The van der Waals surface area contributed by atoms with Crippen LogP contribution in [0.1, 0.15) is 73.9 Å². The van der Waals surface area contributed by atoms with Gasteiger partial charge in [-0.1, -0.05) is 74.5 Å². The van der Waals surface area contributed by atoms with Crippen LogP contribution >= 0.6 is 0 Å². The summed E-state index contributed by atoms with van der Waals surface area (Å²) < 4.78 is 26.0. The highest BCUT2D eigenvalue weighted by Crippen LogP contribution is 2.60. The Morgan fingerprint density at radius 3 is 1.59 bits per heavy atom. The molecule has 9 rings (SSSR count). The minimum atomic E-state index is -0.880. The van der Waals surface area contributed by atoms with Crippen LogP contribution in [-0.2, 0) is 23.9 Å². The van der Waals surface area contributed by atoms with Crippen molar-refractivity contribution in [1.82, 2.24) is 0 Å². The second-order valence-electron chi connectivity index (χ2n) is 16.1. The molecule has 0 saturated heterocycles. The van der Waals surface area contributed by atoms with Crippen molar-refractivity contribution in [3.63, 3.8) is 0 Å². The number of anilines is 2. The third-order valence-electron chi connectivity index (χ3n) is 13.4. The predicted molar refractivity (Wildman–Crippen MR) is 227 cm³/mol. The Hall–Kier alpha value is -6.10. The fourth-order valence-corrected chi connectivity index (χ4v) is 9.92. The number of benzene rings is 5. The Balaban J connectivity index is 1.08. The second-order valence-corrected chi connectivity index (χ2v) is 16.1. The molecule has 0 bridgehead atoms. The molecule has 4 atom stereocenters. The normalized spacial score (nSPS) is 24.5. The molecule has 4 unspecified atom stereocenters. The van der Waals surface area contributed by atoms with Crippen LogP contribution in [0, 0.1) is 4.91 Å². The maximum absolute atomic E-state index is 11.5. The van der Waals surface area contributed by atoms with Crippen LogP contribution in [0.3, 0.4) is 0 Å². The lowest BCUT2D eigenvalue weighted by molar-refractivity contribution is -0.825. The van der Waals surface area contributed by atoms with Crippen LogP contribution in [0.4, 0.5) is 22.7 Å². The molecule has 0 amide bonds. The van der Waals surface area contributed by atoms with E-state index in [0.29, 0.717) is 47.5 Å². The summed E-state index contributed by atoms with van der Waals surface area (Å²) in [6.45, 7) is 10.2. The summed E-state index contributed by atoms with van der Waals surface area (Å²) in [5.74, 6) is 2.29. The zero-order valence-electron chi connectivity index (χ0n) is 33.8. The van der Waals surface area contributed by atoms with Gasteiger partial charge in [0.25, 0.3) is 0 Å². The molecule has 3 N–H and O–H groups in total. The van der Waals surface area contributed by atoms with E-state index < -0.39 is 22.3 Å². The molecular formula is C48H49N4O6+. The van der Waals surface area contributed by atoms with Gasteiger partial charge in [0.15, 0.2) is 28.7 Å².